The molecule has 1 aliphatic rings. The standard InChI is InChI=1S/C19H16ClN3O2/c1-12-15(20)6-4-7-16(12)22-19(25)14-9-18(24)23(11-14)17-8-3-2-5-13(17)10-21/h2-8,14H,9,11H2,1H3,(H,22,25). The van der Waals surface area contributed by atoms with Gasteiger partial charge in [0.1, 0.15) is 6.07 Å². The average molecular weight is 354 g/mol. The first-order chi connectivity index (χ1) is 12.0. The van der Waals surface area contributed by atoms with Crippen molar-refractivity contribution in [2.24, 2.45) is 5.92 Å². The van der Waals surface area contributed by atoms with E-state index in [9.17, 15) is 14.9 Å². The van der Waals surface area contributed by atoms with Gasteiger partial charge < -0.3 is 10.2 Å². The van der Waals surface area contributed by atoms with Crippen molar-refractivity contribution in [3.8, 4) is 6.07 Å². The Labute approximate surface area is 150 Å². The van der Waals surface area contributed by atoms with Gasteiger partial charge in [-0.3, -0.25) is 9.59 Å². The van der Waals surface area contributed by atoms with Crippen molar-refractivity contribution in [2.75, 3.05) is 16.8 Å². The number of nitrogens with zero attached hydrogens (tertiary/aromatic N) is 2. The lowest BCUT2D eigenvalue weighted by atomic mass is 10.1. The fraction of sp³-hybridized carbons (Fsp3) is 0.211. The first-order valence-electron chi connectivity index (χ1n) is 7.86. The zero-order valence-electron chi connectivity index (χ0n) is 13.6. The molecule has 3 rings (SSSR count). The van der Waals surface area contributed by atoms with Gasteiger partial charge in [0, 0.05) is 23.7 Å². The Kier molecular flexibility index (Phi) is 4.73. The normalized spacial score (nSPS) is 16.6. The first-order valence-corrected chi connectivity index (χ1v) is 8.24. The second-order valence-electron chi connectivity index (χ2n) is 5.94. The van der Waals surface area contributed by atoms with Crippen LogP contribution in [0.2, 0.25) is 5.02 Å². The van der Waals surface area contributed by atoms with Gasteiger partial charge in [-0.2, -0.15) is 5.26 Å². The third kappa shape index (κ3) is 3.35. The van der Waals surface area contributed by atoms with Crippen LogP contribution < -0.4 is 10.2 Å². The molecule has 0 aromatic heterocycles. The molecule has 1 saturated heterocycles. The van der Waals surface area contributed by atoms with Crippen molar-refractivity contribution in [3.05, 3.63) is 58.6 Å². The fourth-order valence-corrected chi connectivity index (χ4v) is 3.07. The van der Waals surface area contributed by atoms with E-state index in [1.807, 2.05) is 6.92 Å². The number of carbonyl (C=O) groups is 2. The van der Waals surface area contributed by atoms with Crippen LogP contribution in [0, 0.1) is 24.2 Å². The minimum absolute atomic E-state index is 0.116. The molecule has 2 aromatic carbocycles. The predicted molar refractivity (Wildman–Crippen MR) is 96.4 cm³/mol. The van der Waals surface area contributed by atoms with Gasteiger partial charge in [0.05, 0.1) is 17.2 Å². The molecule has 0 radical (unpaired) electrons. The Morgan fingerprint density at radius 3 is 2.80 bits per heavy atom. The second kappa shape index (κ2) is 6.96. The maximum atomic E-state index is 12.6. The molecule has 0 saturated carbocycles. The molecule has 6 heteroatoms. The van der Waals surface area contributed by atoms with Crippen molar-refractivity contribution in [1.82, 2.24) is 0 Å². The number of nitrogens with one attached hydrogen (secondary N) is 1. The lowest BCUT2D eigenvalue weighted by Crippen LogP contribution is -2.28. The number of para-hydroxylation sites is 1. The highest BCUT2D eigenvalue weighted by atomic mass is 35.5. The van der Waals surface area contributed by atoms with Crippen LogP contribution in [0.5, 0.6) is 0 Å². The van der Waals surface area contributed by atoms with Gasteiger partial charge in [-0.15, -0.1) is 0 Å². The Morgan fingerprint density at radius 2 is 2.04 bits per heavy atom. The molecule has 1 fully saturated rings. The van der Waals surface area contributed by atoms with E-state index >= 15 is 0 Å². The minimum atomic E-state index is -0.474. The Balaban J connectivity index is 1.77. The Bertz CT molecular complexity index is 888. The number of rotatable bonds is 3. The van der Waals surface area contributed by atoms with Crippen molar-refractivity contribution >= 4 is 34.8 Å². The van der Waals surface area contributed by atoms with E-state index in [4.69, 9.17) is 11.6 Å². The number of halogens is 1. The molecular formula is C19H16ClN3O2. The molecule has 2 aromatic rings. The molecule has 0 bridgehead atoms. The van der Waals surface area contributed by atoms with Crippen LogP contribution in [0.3, 0.4) is 0 Å². The van der Waals surface area contributed by atoms with Gasteiger partial charge in [0.25, 0.3) is 0 Å². The first kappa shape index (κ1) is 17.0. The number of hydrogen-bond acceptors (Lipinski definition) is 3. The summed E-state index contributed by atoms with van der Waals surface area (Å²) in [6.07, 6.45) is 0.116. The third-order valence-corrected chi connectivity index (χ3v) is 4.75. The van der Waals surface area contributed by atoms with E-state index in [-0.39, 0.29) is 24.8 Å². The zero-order chi connectivity index (χ0) is 18.0. The number of carbonyl (C=O) groups excluding carboxylic acids is 2. The molecule has 1 unspecified atom stereocenters. The van der Waals surface area contributed by atoms with Gasteiger partial charge in [-0.1, -0.05) is 29.8 Å². The molecule has 2 amide bonds. The summed E-state index contributed by atoms with van der Waals surface area (Å²) >= 11 is 6.07. The highest BCUT2D eigenvalue weighted by molar-refractivity contribution is 6.31. The second-order valence-corrected chi connectivity index (χ2v) is 6.34. The van der Waals surface area contributed by atoms with E-state index in [2.05, 4.69) is 11.4 Å². The summed E-state index contributed by atoms with van der Waals surface area (Å²) < 4.78 is 0. The maximum absolute atomic E-state index is 12.6. The molecule has 25 heavy (non-hydrogen) atoms. The highest BCUT2D eigenvalue weighted by Crippen LogP contribution is 2.29. The summed E-state index contributed by atoms with van der Waals surface area (Å²) in [5.74, 6) is -0.862. The summed E-state index contributed by atoms with van der Waals surface area (Å²) in [5, 5.41) is 12.6. The number of nitriles is 1. The van der Waals surface area contributed by atoms with E-state index in [0.717, 1.165) is 5.56 Å². The predicted octanol–water partition coefficient (Wildman–Crippen LogP) is 3.51. The molecular weight excluding hydrogens is 338 g/mol. The molecule has 0 spiro atoms. The van der Waals surface area contributed by atoms with Crippen LogP contribution in [0.15, 0.2) is 42.5 Å². The van der Waals surface area contributed by atoms with Crippen molar-refractivity contribution < 1.29 is 9.59 Å². The number of benzene rings is 2. The topological polar surface area (TPSA) is 73.2 Å². The van der Waals surface area contributed by atoms with Crippen LogP contribution >= 0.6 is 11.6 Å². The van der Waals surface area contributed by atoms with Crippen LogP contribution in [0.25, 0.3) is 0 Å². The SMILES string of the molecule is Cc1c(Cl)cccc1NC(=O)C1CC(=O)N(c2ccccc2C#N)C1. The van der Waals surface area contributed by atoms with Gasteiger partial charge in [-0.05, 0) is 36.8 Å². The van der Waals surface area contributed by atoms with Crippen molar-refractivity contribution in [2.45, 2.75) is 13.3 Å². The average Bonchev–Trinajstić information content (AvgIpc) is 3.00. The molecule has 1 atom stereocenters. The van der Waals surface area contributed by atoms with Crippen LogP contribution in [0.4, 0.5) is 11.4 Å². The van der Waals surface area contributed by atoms with Crippen molar-refractivity contribution in [3.63, 3.8) is 0 Å². The van der Waals surface area contributed by atoms with Gasteiger partial charge in [0.15, 0.2) is 0 Å². The summed E-state index contributed by atoms with van der Waals surface area (Å²) in [7, 11) is 0. The zero-order valence-corrected chi connectivity index (χ0v) is 14.4. The summed E-state index contributed by atoms with van der Waals surface area (Å²) in [5.41, 5.74) is 2.39. The molecule has 126 valence electrons. The third-order valence-electron chi connectivity index (χ3n) is 4.34. The lowest BCUT2D eigenvalue weighted by Gasteiger charge is -2.18. The Hall–Kier alpha value is -2.84. The van der Waals surface area contributed by atoms with Gasteiger partial charge >= 0.3 is 0 Å². The molecule has 5 nitrogen and oxygen atoms in total. The van der Waals surface area contributed by atoms with Gasteiger partial charge in [0.2, 0.25) is 11.8 Å². The van der Waals surface area contributed by atoms with E-state index in [0.29, 0.717) is 22.0 Å². The van der Waals surface area contributed by atoms with Crippen LogP contribution in [-0.2, 0) is 9.59 Å². The van der Waals surface area contributed by atoms with Crippen molar-refractivity contribution in [1.29, 1.82) is 5.26 Å². The fourth-order valence-electron chi connectivity index (χ4n) is 2.90. The molecule has 1 heterocycles. The summed E-state index contributed by atoms with van der Waals surface area (Å²) in [6.45, 7) is 2.08. The number of amides is 2. The lowest BCUT2D eigenvalue weighted by molar-refractivity contribution is -0.122. The smallest absolute Gasteiger partial charge is 0.229 e. The number of anilines is 2. The quantitative estimate of drug-likeness (QED) is 0.917. The molecule has 1 N–H and O–H groups in total. The monoisotopic (exact) mass is 353 g/mol. The maximum Gasteiger partial charge on any atom is 0.229 e. The van der Waals surface area contributed by atoms with Crippen LogP contribution in [-0.4, -0.2) is 18.4 Å². The van der Waals surface area contributed by atoms with Crippen LogP contribution in [0.1, 0.15) is 17.5 Å². The molecule has 1 aliphatic heterocycles. The largest absolute Gasteiger partial charge is 0.325 e. The van der Waals surface area contributed by atoms with E-state index < -0.39 is 5.92 Å². The summed E-state index contributed by atoms with van der Waals surface area (Å²) in [4.78, 5) is 26.4. The van der Waals surface area contributed by atoms with Gasteiger partial charge in [-0.25, -0.2) is 0 Å². The molecule has 0 aliphatic carbocycles. The Morgan fingerprint density at radius 1 is 1.28 bits per heavy atom. The minimum Gasteiger partial charge on any atom is -0.325 e. The number of hydrogen-bond donors (Lipinski definition) is 1. The summed E-state index contributed by atoms with van der Waals surface area (Å²) in [6, 6.07) is 14.3. The van der Waals surface area contributed by atoms with E-state index in [1.54, 1.807) is 42.5 Å². The van der Waals surface area contributed by atoms with E-state index in [1.165, 1.54) is 4.90 Å². The highest BCUT2D eigenvalue weighted by Gasteiger charge is 2.36.